The van der Waals surface area contributed by atoms with Crippen molar-refractivity contribution in [2.75, 3.05) is 6.61 Å². The third-order valence-corrected chi connectivity index (χ3v) is 6.35. The highest BCUT2D eigenvalue weighted by atomic mass is 16.6. The Bertz CT molecular complexity index is 729. The van der Waals surface area contributed by atoms with E-state index in [9.17, 15) is 4.79 Å². The summed E-state index contributed by atoms with van der Waals surface area (Å²) in [7, 11) is 0. The summed E-state index contributed by atoms with van der Waals surface area (Å²) in [6.45, 7) is 3.03. The van der Waals surface area contributed by atoms with Crippen LogP contribution in [0.1, 0.15) is 114 Å². The van der Waals surface area contributed by atoms with Crippen LogP contribution in [-0.2, 0) is 20.9 Å². The maximum atomic E-state index is 12.3. The van der Waals surface area contributed by atoms with Gasteiger partial charge in [0.15, 0.2) is 0 Å². The first kappa shape index (κ1) is 28.1. The molecule has 0 saturated heterocycles. The van der Waals surface area contributed by atoms with Crippen LogP contribution in [0.4, 0.5) is 0 Å². The Morgan fingerprint density at radius 3 is 1.74 bits per heavy atom. The molecule has 34 heavy (non-hydrogen) atoms. The van der Waals surface area contributed by atoms with Gasteiger partial charge in [0.2, 0.25) is 0 Å². The van der Waals surface area contributed by atoms with E-state index in [0.29, 0.717) is 13.0 Å². The van der Waals surface area contributed by atoms with Crippen molar-refractivity contribution >= 4 is 5.97 Å². The number of carbonyl (C=O) groups is 1. The molecule has 1 unspecified atom stereocenters. The second kappa shape index (κ2) is 19.2. The molecule has 0 spiro atoms. The molecule has 0 bridgehead atoms. The topological polar surface area (TPSA) is 35.5 Å². The first-order valence-electron chi connectivity index (χ1n) is 13.7. The molecule has 3 heteroatoms. The molecule has 0 aliphatic rings. The predicted octanol–water partition coefficient (Wildman–Crippen LogP) is 8.97. The number of hydrogen-bond acceptors (Lipinski definition) is 3. The fourth-order valence-corrected chi connectivity index (χ4v) is 4.21. The molecule has 0 N–H and O–H groups in total. The Morgan fingerprint density at radius 2 is 1.18 bits per heavy atom. The van der Waals surface area contributed by atoms with Crippen molar-refractivity contribution in [3.63, 3.8) is 0 Å². The van der Waals surface area contributed by atoms with E-state index in [1.165, 1.54) is 70.6 Å². The molecule has 3 nitrogen and oxygen atoms in total. The van der Waals surface area contributed by atoms with Crippen LogP contribution in [0.2, 0.25) is 0 Å². The van der Waals surface area contributed by atoms with Crippen molar-refractivity contribution in [3.8, 4) is 0 Å². The largest absolute Gasteiger partial charge is 0.463 e. The highest BCUT2D eigenvalue weighted by Gasteiger charge is 2.15. The van der Waals surface area contributed by atoms with Gasteiger partial charge in [-0.2, -0.15) is 0 Å². The van der Waals surface area contributed by atoms with Gasteiger partial charge in [-0.3, -0.25) is 4.79 Å². The third kappa shape index (κ3) is 13.5. The van der Waals surface area contributed by atoms with E-state index in [4.69, 9.17) is 9.47 Å². The molecular weight excluding hydrogens is 420 g/mol. The van der Waals surface area contributed by atoms with Gasteiger partial charge in [0.25, 0.3) is 0 Å². The quantitative estimate of drug-likeness (QED) is 0.144. The number of unbranched alkanes of at least 4 members (excludes halogenated alkanes) is 12. The summed E-state index contributed by atoms with van der Waals surface area (Å²) in [5.74, 6) is -0.118. The monoisotopic (exact) mass is 466 g/mol. The molecule has 0 aliphatic carbocycles. The van der Waals surface area contributed by atoms with Gasteiger partial charge in [-0.25, -0.2) is 0 Å². The van der Waals surface area contributed by atoms with Crippen molar-refractivity contribution in [3.05, 3.63) is 71.8 Å². The standard InChI is InChI=1S/C31H46O3/c1-2-3-4-5-6-7-8-9-10-11-12-13-20-25-31(32)34-27-30(29-23-18-15-19-24-29)33-26-28-21-16-14-17-22-28/h14-19,21-24,30H,2-13,20,25-27H2,1H3. The van der Waals surface area contributed by atoms with Crippen LogP contribution in [0.5, 0.6) is 0 Å². The van der Waals surface area contributed by atoms with Gasteiger partial charge in [-0.05, 0) is 17.5 Å². The fourth-order valence-electron chi connectivity index (χ4n) is 4.21. The SMILES string of the molecule is CCCCCCCCCCCCCCCC(=O)OCC(OCc1ccccc1)c1ccccc1. The Labute approximate surface area is 208 Å². The lowest BCUT2D eigenvalue weighted by molar-refractivity contribution is -0.148. The normalized spacial score (nSPS) is 11.9. The van der Waals surface area contributed by atoms with Gasteiger partial charge in [0.05, 0.1) is 6.61 Å². The minimum atomic E-state index is -0.253. The second-order valence-electron chi connectivity index (χ2n) is 9.37. The fraction of sp³-hybridized carbons (Fsp3) is 0.581. The lowest BCUT2D eigenvalue weighted by atomic mass is 10.0. The zero-order chi connectivity index (χ0) is 24.1. The molecule has 2 rings (SSSR count). The van der Waals surface area contributed by atoms with E-state index in [2.05, 4.69) is 6.92 Å². The number of carbonyl (C=O) groups excluding carboxylic acids is 1. The zero-order valence-electron chi connectivity index (χ0n) is 21.4. The minimum absolute atomic E-state index is 0.118. The summed E-state index contributed by atoms with van der Waals surface area (Å²) in [4.78, 5) is 12.3. The summed E-state index contributed by atoms with van der Waals surface area (Å²) < 4.78 is 11.7. The lowest BCUT2D eigenvalue weighted by Crippen LogP contribution is -2.15. The molecule has 0 heterocycles. The van der Waals surface area contributed by atoms with Crippen LogP contribution < -0.4 is 0 Å². The first-order chi connectivity index (χ1) is 16.8. The molecule has 0 fully saturated rings. The van der Waals surface area contributed by atoms with Crippen LogP contribution in [0.25, 0.3) is 0 Å². The summed E-state index contributed by atoms with van der Waals surface area (Å²) >= 11 is 0. The van der Waals surface area contributed by atoms with Crippen LogP contribution >= 0.6 is 0 Å². The molecule has 2 aromatic rings. The van der Waals surface area contributed by atoms with Crippen molar-refractivity contribution in [1.82, 2.24) is 0 Å². The van der Waals surface area contributed by atoms with Gasteiger partial charge >= 0.3 is 5.97 Å². The molecule has 1 atom stereocenters. The van der Waals surface area contributed by atoms with E-state index in [-0.39, 0.29) is 18.7 Å². The summed E-state index contributed by atoms with van der Waals surface area (Å²) in [5, 5.41) is 0. The van der Waals surface area contributed by atoms with E-state index in [1.807, 2.05) is 60.7 Å². The van der Waals surface area contributed by atoms with Crippen LogP contribution in [0.15, 0.2) is 60.7 Å². The van der Waals surface area contributed by atoms with E-state index >= 15 is 0 Å². The van der Waals surface area contributed by atoms with Gasteiger partial charge in [-0.15, -0.1) is 0 Å². The van der Waals surface area contributed by atoms with Crippen molar-refractivity contribution < 1.29 is 14.3 Å². The molecule has 0 aliphatic heterocycles. The molecule has 0 aromatic heterocycles. The highest BCUT2D eigenvalue weighted by Crippen LogP contribution is 2.20. The zero-order valence-corrected chi connectivity index (χ0v) is 21.4. The maximum absolute atomic E-state index is 12.3. The lowest BCUT2D eigenvalue weighted by Gasteiger charge is -2.18. The average molecular weight is 467 g/mol. The maximum Gasteiger partial charge on any atom is 0.305 e. The Morgan fingerprint density at radius 1 is 0.676 bits per heavy atom. The number of esters is 1. The van der Waals surface area contributed by atoms with Crippen LogP contribution in [0.3, 0.4) is 0 Å². The molecule has 0 saturated carbocycles. The minimum Gasteiger partial charge on any atom is -0.463 e. The van der Waals surface area contributed by atoms with Gasteiger partial charge in [-0.1, -0.05) is 145 Å². The third-order valence-electron chi connectivity index (χ3n) is 6.35. The average Bonchev–Trinajstić information content (AvgIpc) is 2.88. The molecule has 0 amide bonds. The van der Waals surface area contributed by atoms with Crippen molar-refractivity contribution in [2.24, 2.45) is 0 Å². The Hall–Kier alpha value is -2.13. The number of rotatable bonds is 20. The van der Waals surface area contributed by atoms with Gasteiger partial charge in [0.1, 0.15) is 12.7 Å². The van der Waals surface area contributed by atoms with Crippen molar-refractivity contribution in [1.29, 1.82) is 0 Å². The Balaban J connectivity index is 1.53. The van der Waals surface area contributed by atoms with Crippen LogP contribution in [0, 0.1) is 0 Å². The van der Waals surface area contributed by atoms with Crippen molar-refractivity contribution in [2.45, 2.75) is 110 Å². The first-order valence-corrected chi connectivity index (χ1v) is 13.7. The Kier molecular flexibility index (Phi) is 15.9. The summed E-state index contributed by atoms with van der Waals surface area (Å²) in [6, 6.07) is 20.1. The summed E-state index contributed by atoms with van der Waals surface area (Å²) in [5.41, 5.74) is 2.15. The van der Waals surface area contributed by atoms with E-state index in [0.717, 1.165) is 24.0 Å². The van der Waals surface area contributed by atoms with Gasteiger partial charge in [0, 0.05) is 6.42 Å². The second-order valence-corrected chi connectivity index (χ2v) is 9.37. The van der Waals surface area contributed by atoms with E-state index in [1.54, 1.807) is 0 Å². The smallest absolute Gasteiger partial charge is 0.305 e. The molecular formula is C31H46O3. The highest BCUT2D eigenvalue weighted by molar-refractivity contribution is 5.69. The van der Waals surface area contributed by atoms with Gasteiger partial charge < -0.3 is 9.47 Å². The molecule has 2 aromatic carbocycles. The molecule has 0 radical (unpaired) electrons. The number of benzene rings is 2. The molecule has 188 valence electrons. The number of hydrogen-bond donors (Lipinski definition) is 0. The number of ether oxygens (including phenoxy) is 2. The predicted molar refractivity (Wildman–Crippen MR) is 142 cm³/mol. The van der Waals surface area contributed by atoms with Crippen LogP contribution in [-0.4, -0.2) is 12.6 Å². The summed E-state index contributed by atoms with van der Waals surface area (Å²) in [6.07, 6.45) is 17.2. The van der Waals surface area contributed by atoms with E-state index < -0.39 is 0 Å².